The van der Waals surface area contributed by atoms with E-state index >= 15 is 0 Å². The van der Waals surface area contributed by atoms with Crippen LogP contribution in [0.1, 0.15) is 27.7 Å². The van der Waals surface area contributed by atoms with Gasteiger partial charge >= 0.3 is 12.1 Å². The molecule has 8 nitrogen and oxygen atoms in total. The van der Waals surface area contributed by atoms with Crippen LogP contribution in [0, 0.1) is 0 Å². The van der Waals surface area contributed by atoms with Crippen molar-refractivity contribution in [1.29, 1.82) is 0 Å². The van der Waals surface area contributed by atoms with E-state index in [2.05, 4.69) is 5.32 Å². The minimum absolute atomic E-state index is 0.0247. The number of carbonyl (C=O) groups is 2. The number of sulfone groups is 1. The minimum Gasteiger partial charge on any atom is -0.464 e. The molecule has 2 N–H and O–H groups in total. The third-order valence-electron chi connectivity index (χ3n) is 2.07. The Morgan fingerprint density at radius 2 is 1.81 bits per heavy atom. The quantitative estimate of drug-likeness (QED) is 0.652. The average molecular weight is 325 g/mol. The largest absolute Gasteiger partial charge is 0.464 e. The van der Waals surface area contributed by atoms with Gasteiger partial charge in [-0.1, -0.05) is 0 Å². The van der Waals surface area contributed by atoms with Gasteiger partial charge in [0.2, 0.25) is 0 Å². The molecule has 0 saturated carbocycles. The van der Waals surface area contributed by atoms with E-state index in [1.54, 1.807) is 27.7 Å². The second-order valence-corrected chi connectivity index (χ2v) is 7.72. The first-order chi connectivity index (χ1) is 9.35. The molecule has 0 aliphatic carbocycles. The molecule has 9 heteroatoms. The van der Waals surface area contributed by atoms with Crippen molar-refractivity contribution in [3.8, 4) is 0 Å². The number of hydrogen-bond donors (Lipinski definition) is 2. The first-order valence-electron chi connectivity index (χ1n) is 6.37. The first kappa shape index (κ1) is 19.7. The molecule has 0 aromatic rings. The number of hydrogen-bond acceptors (Lipinski definition) is 7. The average Bonchev–Trinajstić information content (AvgIpc) is 2.20. The molecule has 0 heterocycles. The lowest BCUT2D eigenvalue weighted by molar-refractivity contribution is -0.148. The number of aliphatic hydroxyl groups is 1. The summed E-state index contributed by atoms with van der Waals surface area (Å²) in [6, 6.07) is -1.52. The summed E-state index contributed by atoms with van der Waals surface area (Å²) in [6.45, 7) is 6.44. The zero-order valence-corrected chi connectivity index (χ0v) is 13.7. The molecule has 0 aromatic heterocycles. The first-order valence-corrected chi connectivity index (χ1v) is 8.43. The van der Waals surface area contributed by atoms with Gasteiger partial charge in [-0.05, 0) is 27.7 Å². The summed E-state index contributed by atoms with van der Waals surface area (Å²) in [5, 5.41) is 12.0. The van der Waals surface area contributed by atoms with Crippen molar-refractivity contribution >= 4 is 21.9 Å². The summed E-state index contributed by atoms with van der Waals surface area (Å²) >= 11 is 0. The van der Waals surface area contributed by atoms with Crippen molar-refractivity contribution in [1.82, 2.24) is 5.32 Å². The van der Waals surface area contributed by atoms with Gasteiger partial charge in [-0.3, -0.25) is 0 Å². The SMILES string of the molecule is CCOC(=O)C(NC(=O)OC(C)(C)C)C(O)CS(C)(=O)=O. The lowest BCUT2D eigenvalue weighted by atomic mass is 10.2. The fraction of sp³-hybridized carbons (Fsp3) is 0.833. The van der Waals surface area contributed by atoms with Crippen LogP contribution in [0.3, 0.4) is 0 Å². The normalized spacial score (nSPS) is 15.0. The summed E-state index contributed by atoms with van der Waals surface area (Å²) in [5.74, 6) is -1.62. The van der Waals surface area contributed by atoms with Crippen molar-refractivity contribution in [2.24, 2.45) is 0 Å². The van der Waals surface area contributed by atoms with Crippen LogP contribution in [0.2, 0.25) is 0 Å². The topological polar surface area (TPSA) is 119 Å². The van der Waals surface area contributed by atoms with Crippen LogP contribution in [0.15, 0.2) is 0 Å². The highest BCUT2D eigenvalue weighted by atomic mass is 32.2. The van der Waals surface area contributed by atoms with Crippen LogP contribution in [0.4, 0.5) is 4.79 Å². The predicted octanol–water partition coefficient (Wildman–Crippen LogP) is -0.152. The Morgan fingerprint density at radius 3 is 2.19 bits per heavy atom. The summed E-state index contributed by atoms with van der Waals surface area (Å²) in [5.41, 5.74) is -0.801. The van der Waals surface area contributed by atoms with E-state index in [0.717, 1.165) is 6.26 Å². The molecular formula is C12H23NO7S. The molecule has 0 spiro atoms. The highest BCUT2D eigenvalue weighted by Crippen LogP contribution is 2.08. The molecule has 0 bridgehead atoms. The van der Waals surface area contributed by atoms with Gasteiger partial charge in [0.05, 0.1) is 18.5 Å². The lowest BCUT2D eigenvalue weighted by Gasteiger charge is -2.25. The standard InChI is InChI=1S/C12H23NO7S/c1-6-19-10(15)9(8(14)7-21(5,17)18)13-11(16)20-12(2,3)4/h8-9,14H,6-7H2,1-5H3,(H,13,16). The number of carbonyl (C=O) groups excluding carboxylic acids is 2. The van der Waals surface area contributed by atoms with Crippen LogP contribution in [0.25, 0.3) is 0 Å². The van der Waals surface area contributed by atoms with Gasteiger partial charge in [-0.2, -0.15) is 0 Å². The van der Waals surface area contributed by atoms with Crippen LogP contribution in [-0.4, -0.2) is 61.9 Å². The summed E-state index contributed by atoms with van der Waals surface area (Å²) < 4.78 is 32.0. The van der Waals surface area contributed by atoms with Crippen LogP contribution < -0.4 is 5.32 Å². The Labute approximate surface area is 124 Å². The number of amides is 1. The van der Waals surface area contributed by atoms with E-state index in [0.29, 0.717) is 0 Å². The molecule has 0 aliphatic heterocycles. The van der Waals surface area contributed by atoms with E-state index < -0.39 is 45.4 Å². The Balaban J connectivity index is 4.98. The second-order valence-electron chi connectivity index (χ2n) is 5.54. The molecule has 21 heavy (non-hydrogen) atoms. The highest BCUT2D eigenvalue weighted by Gasteiger charge is 2.33. The fourth-order valence-corrected chi connectivity index (χ4v) is 2.20. The molecule has 0 radical (unpaired) electrons. The third-order valence-corrected chi connectivity index (χ3v) is 3.02. The number of nitrogens with one attached hydrogen (secondary N) is 1. The Morgan fingerprint density at radius 1 is 1.29 bits per heavy atom. The van der Waals surface area contributed by atoms with Crippen LogP contribution in [0.5, 0.6) is 0 Å². The number of ether oxygens (including phenoxy) is 2. The molecule has 2 unspecified atom stereocenters. The molecular weight excluding hydrogens is 302 g/mol. The molecule has 124 valence electrons. The molecule has 0 rings (SSSR count). The maximum atomic E-state index is 11.7. The Hall–Kier alpha value is -1.35. The molecule has 0 aromatic carbocycles. The van der Waals surface area contributed by atoms with Crippen LogP contribution >= 0.6 is 0 Å². The maximum Gasteiger partial charge on any atom is 0.408 e. The van der Waals surface area contributed by atoms with Gasteiger partial charge in [0.1, 0.15) is 15.4 Å². The van der Waals surface area contributed by atoms with E-state index in [1.165, 1.54) is 0 Å². The van der Waals surface area contributed by atoms with E-state index in [1.807, 2.05) is 0 Å². The molecule has 0 fully saturated rings. The number of esters is 1. The lowest BCUT2D eigenvalue weighted by Crippen LogP contribution is -2.52. The van der Waals surface area contributed by atoms with E-state index in [4.69, 9.17) is 9.47 Å². The van der Waals surface area contributed by atoms with Crippen molar-refractivity contribution in [2.45, 2.75) is 45.4 Å². The third kappa shape index (κ3) is 9.24. The molecule has 0 saturated heterocycles. The van der Waals surface area contributed by atoms with Gasteiger partial charge in [-0.25, -0.2) is 18.0 Å². The van der Waals surface area contributed by atoms with Gasteiger partial charge in [0.25, 0.3) is 0 Å². The van der Waals surface area contributed by atoms with Crippen molar-refractivity contribution in [3.63, 3.8) is 0 Å². The van der Waals surface area contributed by atoms with Gasteiger partial charge in [0, 0.05) is 6.26 Å². The molecule has 1 amide bonds. The molecule has 0 aliphatic rings. The Bertz CT molecular complexity index is 466. The van der Waals surface area contributed by atoms with Gasteiger partial charge < -0.3 is 19.9 Å². The fourth-order valence-electron chi connectivity index (χ4n) is 1.39. The Kier molecular flexibility index (Phi) is 7.11. The summed E-state index contributed by atoms with van der Waals surface area (Å²) in [7, 11) is -3.54. The monoisotopic (exact) mass is 325 g/mol. The number of alkyl carbamates (subject to hydrolysis) is 1. The number of aliphatic hydroxyl groups excluding tert-OH is 1. The smallest absolute Gasteiger partial charge is 0.408 e. The number of rotatable bonds is 6. The molecule has 2 atom stereocenters. The van der Waals surface area contributed by atoms with Crippen molar-refractivity contribution in [3.05, 3.63) is 0 Å². The summed E-state index contributed by atoms with van der Waals surface area (Å²) in [6.07, 6.45) is -1.67. The predicted molar refractivity (Wildman–Crippen MR) is 75.5 cm³/mol. The zero-order chi connectivity index (χ0) is 16.8. The van der Waals surface area contributed by atoms with E-state index in [-0.39, 0.29) is 6.61 Å². The summed E-state index contributed by atoms with van der Waals surface area (Å²) in [4.78, 5) is 23.4. The van der Waals surface area contributed by atoms with Gasteiger partial charge in [0.15, 0.2) is 6.04 Å². The van der Waals surface area contributed by atoms with Gasteiger partial charge in [-0.15, -0.1) is 0 Å². The zero-order valence-electron chi connectivity index (χ0n) is 12.9. The minimum atomic E-state index is -3.54. The maximum absolute atomic E-state index is 11.7. The van der Waals surface area contributed by atoms with Crippen molar-refractivity contribution in [2.75, 3.05) is 18.6 Å². The highest BCUT2D eigenvalue weighted by molar-refractivity contribution is 7.90. The van der Waals surface area contributed by atoms with Crippen molar-refractivity contribution < 1.29 is 32.6 Å². The van der Waals surface area contributed by atoms with E-state index in [9.17, 15) is 23.1 Å². The van der Waals surface area contributed by atoms with Crippen LogP contribution in [-0.2, 0) is 24.1 Å². The second kappa shape index (κ2) is 7.60.